The molecular formula is C14H25N3O3S. The number of hydrogen-bond donors (Lipinski definition) is 1. The molecule has 1 fully saturated rings. The summed E-state index contributed by atoms with van der Waals surface area (Å²) in [5.41, 5.74) is 5.57. The number of sulfonamides is 1. The largest absolute Gasteiger partial charge is 0.464 e. The van der Waals surface area contributed by atoms with E-state index in [0.29, 0.717) is 24.6 Å². The van der Waals surface area contributed by atoms with Gasteiger partial charge < -0.3 is 10.2 Å². The van der Waals surface area contributed by atoms with Crippen LogP contribution in [0.25, 0.3) is 0 Å². The molecule has 1 saturated heterocycles. The minimum atomic E-state index is -3.49. The normalized spacial score (nSPS) is 19.1. The zero-order valence-corrected chi connectivity index (χ0v) is 14.0. The van der Waals surface area contributed by atoms with Crippen LogP contribution in [0.3, 0.4) is 0 Å². The molecule has 21 heavy (non-hydrogen) atoms. The Hall–Kier alpha value is -0.890. The molecule has 0 radical (unpaired) electrons. The second-order valence-electron chi connectivity index (χ2n) is 6.40. The highest BCUT2D eigenvalue weighted by molar-refractivity contribution is 7.89. The summed E-state index contributed by atoms with van der Waals surface area (Å²) < 4.78 is 32.3. The van der Waals surface area contributed by atoms with E-state index in [-0.39, 0.29) is 17.0 Å². The average Bonchev–Trinajstić information content (AvgIpc) is 2.80. The van der Waals surface area contributed by atoms with Crippen LogP contribution in [0.1, 0.15) is 32.3 Å². The van der Waals surface area contributed by atoms with Crippen LogP contribution in [0.5, 0.6) is 0 Å². The Kier molecular flexibility index (Phi) is 4.49. The van der Waals surface area contributed by atoms with Crippen molar-refractivity contribution in [1.82, 2.24) is 9.21 Å². The molecule has 0 unspecified atom stereocenters. The van der Waals surface area contributed by atoms with Gasteiger partial charge in [-0.25, -0.2) is 8.42 Å². The Balaban J connectivity index is 2.17. The maximum atomic E-state index is 12.7. The van der Waals surface area contributed by atoms with Crippen LogP contribution < -0.4 is 5.73 Å². The van der Waals surface area contributed by atoms with Crippen LogP contribution in [0, 0.1) is 6.92 Å². The smallest absolute Gasteiger partial charge is 0.246 e. The lowest BCUT2D eigenvalue weighted by molar-refractivity contribution is 0.0921. The van der Waals surface area contributed by atoms with Crippen molar-refractivity contribution in [2.24, 2.45) is 5.73 Å². The van der Waals surface area contributed by atoms with Crippen LogP contribution in [0.2, 0.25) is 0 Å². The second kappa shape index (κ2) is 5.72. The molecule has 0 saturated carbocycles. The first-order valence-corrected chi connectivity index (χ1v) is 8.65. The summed E-state index contributed by atoms with van der Waals surface area (Å²) in [5, 5.41) is 0. The summed E-state index contributed by atoms with van der Waals surface area (Å²) in [4.78, 5) is 2.54. The fourth-order valence-electron chi connectivity index (χ4n) is 2.62. The zero-order valence-electron chi connectivity index (χ0n) is 13.2. The van der Waals surface area contributed by atoms with E-state index < -0.39 is 10.0 Å². The van der Waals surface area contributed by atoms with Gasteiger partial charge in [0.15, 0.2) is 0 Å². The molecular weight excluding hydrogens is 290 g/mol. The van der Waals surface area contributed by atoms with Crippen LogP contribution in [-0.2, 0) is 16.6 Å². The third-order valence-corrected chi connectivity index (χ3v) is 5.94. The number of nitrogens with two attached hydrogens (primary N) is 1. The number of nitrogens with zero attached hydrogens (tertiary/aromatic N) is 2. The van der Waals surface area contributed by atoms with Gasteiger partial charge in [0.1, 0.15) is 16.4 Å². The van der Waals surface area contributed by atoms with Crippen molar-refractivity contribution in [1.29, 1.82) is 0 Å². The number of aryl methyl sites for hydroxylation is 1. The van der Waals surface area contributed by atoms with E-state index in [2.05, 4.69) is 25.7 Å². The van der Waals surface area contributed by atoms with Gasteiger partial charge in [0.25, 0.3) is 0 Å². The van der Waals surface area contributed by atoms with E-state index in [0.717, 1.165) is 13.1 Å². The second-order valence-corrected chi connectivity index (χ2v) is 8.31. The lowest BCUT2D eigenvalue weighted by Gasteiger charge is -2.41. The summed E-state index contributed by atoms with van der Waals surface area (Å²) in [6.07, 6.45) is 0. The molecule has 7 heteroatoms. The Morgan fingerprint density at radius 1 is 1.24 bits per heavy atom. The number of furan rings is 1. The molecule has 0 spiro atoms. The minimum Gasteiger partial charge on any atom is -0.464 e. The van der Waals surface area contributed by atoms with E-state index in [1.807, 2.05) is 0 Å². The van der Waals surface area contributed by atoms with Crippen LogP contribution in [0.15, 0.2) is 15.4 Å². The van der Waals surface area contributed by atoms with Crippen molar-refractivity contribution in [2.75, 3.05) is 26.2 Å². The van der Waals surface area contributed by atoms with Gasteiger partial charge in [-0.05, 0) is 27.7 Å². The van der Waals surface area contributed by atoms with Gasteiger partial charge in [-0.2, -0.15) is 4.31 Å². The molecule has 0 bridgehead atoms. The van der Waals surface area contributed by atoms with E-state index in [1.165, 1.54) is 4.31 Å². The van der Waals surface area contributed by atoms with Crippen LogP contribution >= 0.6 is 0 Å². The van der Waals surface area contributed by atoms with Gasteiger partial charge in [-0.3, -0.25) is 4.90 Å². The highest BCUT2D eigenvalue weighted by Gasteiger charge is 2.34. The first-order chi connectivity index (χ1) is 9.66. The minimum absolute atomic E-state index is 0.0636. The fraction of sp³-hybridized carbons (Fsp3) is 0.714. The maximum Gasteiger partial charge on any atom is 0.246 e. The van der Waals surface area contributed by atoms with Crippen molar-refractivity contribution < 1.29 is 12.8 Å². The van der Waals surface area contributed by atoms with Gasteiger partial charge in [0.2, 0.25) is 10.0 Å². The van der Waals surface area contributed by atoms with Crippen molar-refractivity contribution in [2.45, 2.75) is 44.7 Å². The topological polar surface area (TPSA) is 79.8 Å². The Morgan fingerprint density at radius 3 is 2.24 bits per heavy atom. The van der Waals surface area contributed by atoms with Crippen molar-refractivity contribution in [3.05, 3.63) is 17.6 Å². The Bertz CT molecular complexity index is 593. The van der Waals surface area contributed by atoms with Crippen molar-refractivity contribution in [3.63, 3.8) is 0 Å². The average molecular weight is 315 g/mol. The Morgan fingerprint density at radius 2 is 1.81 bits per heavy atom. The number of rotatable bonds is 3. The molecule has 120 valence electrons. The summed E-state index contributed by atoms with van der Waals surface area (Å²) in [7, 11) is -3.49. The van der Waals surface area contributed by atoms with Crippen LogP contribution in [0.4, 0.5) is 0 Å². The van der Waals surface area contributed by atoms with Gasteiger partial charge >= 0.3 is 0 Å². The molecule has 1 aromatic heterocycles. The molecule has 6 nitrogen and oxygen atoms in total. The van der Waals surface area contributed by atoms with E-state index in [4.69, 9.17) is 10.2 Å². The predicted octanol–water partition coefficient (Wildman–Crippen LogP) is 1.15. The first kappa shape index (κ1) is 16.5. The van der Waals surface area contributed by atoms with Crippen molar-refractivity contribution >= 4 is 10.0 Å². The monoisotopic (exact) mass is 315 g/mol. The molecule has 0 aliphatic carbocycles. The van der Waals surface area contributed by atoms with Crippen LogP contribution in [-0.4, -0.2) is 49.3 Å². The number of hydrogen-bond acceptors (Lipinski definition) is 5. The van der Waals surface area contributed by atoms with E-state index in [9.17, 15) is 8.42 Å². The molecule has 2 rings (SSSR count). The predicted molar refractivity (Wildman–Crippen MR) is 81.4 cm³/mol. The lowest BCUT2D eigenvalue weighted by Crippen LogP contribution is -2.54. The SMILES string of the molecule is Cc1oc(CN)cc1S(=O)(=O)N1CCN(C(C)(C)C)CC1. The summed E-state index contributed by atoms with van der Waals surface area (Å²) >= 11 is 0. The molecule has 0 amide bonds. The molecule has 2 heterocycles. The summed E-state index contributed by atoms with van der Waals surface area (Å²) in [6.45, 7) is 10.8. The Labute approximate surface area is 126 Å². The first-order valence-electron chi connectivity index (χ1n) is 7.21. The summed E-state index contributed by atoms with van der Waals surface area (Å²) in [6, 6.07) is 1.54. The summed E-state index contributed by atoms with van der Waals surface area (Å²) in [5.74, 6) is 0.910. The zero-order chi connectivity index (χ0) is 15.8. The fourth-order valence-corrected chi connectivity index (χ4v) is 4.23. The maximum absolute atomic E-state index is 12.7. The van der Waals surface area contributed by atoms with E-state index >= 15 is 0 Å². The quantitative estimate of drug-likeness (QED) is 0.905. The standard InChI is InChI=1S/C14H25N3O3S/c1-11-13(9-12(10-15)20-11)21(18,19)17-7-5-16(6-8-17)14(2,3)4/h9H,5-8,10,15H2,1-4H3. The molecule has 1 aliphatic rings. The molecule has 0 aromatic carbocycles. The highest BCUT2D eigenvalue weighted by atomic mass is 32.2. The molecule has 1 aromatic rings. The molecule has 1 aliphatic heterocycles. The van der Waals surface area contributed by atoms with Gasteiger partial charge in [-0.15, -0.1) is 0 Å². The lowest BCUT2D eigenvalue weighted by atomic mass is 10.1. The van der Waals surface area contributed by atoms with E-state index in [1.54, 1.807) is 13.0 Å². The molecule has 0 atom stereocenters. The number of piperazine rings is 1. The van der Waals surface area contributed by atoms with Gasteiger partial charge in [0.05, 0.1) is 6.54 Å². The molecule has 2 N–H and O–H groups in total. The van der Waals surface area contributed by atoms with Gasteiger partial charge in [0, 0.05) is 37.8 Å². The van der Waals surface area contributed by atoms with Crippen molar-refractivity contribution in [3.8, 4) is 0 Å². The third kappa shape index (κ3) is 3.31. The third-order valence-electron chi connectivity index (χ3n) is 3.93. The van der Waals surface area contributed by atoms with Gasteiger partial charge in [-0.1, -0.05) is 0 Å². The highest BCUT2D eigenvalue weighted by Crippen LogP contribution is 2.25.